The van der Waals surface area contributed by atoms with Crippen LogP contribution in [0.5, 0.6) is 0 Å². The van der Waals surface area contributed by atoms with Crippen LogP contribution in [0.3, 0.4) is 0 Å². The van der Waals surface area contributed by atoms with Crippen LogP contribution in [0.2, 0.25) is 5.02 Å². The molecule has 6 heteroatoms. The highest BCUT2D eigenvalue weighted by atomic mass is 35.5. The number of rotatable bonds is 5. The summed E-state index contributed by atoms with van der Waals surface area (Å²) < 4.78 is 39.4. The minimum absolute atomic E-state index is 0.0299. The first-order valence-corrected chi connectivity index (χ1v) is 10.6. The zero-order chi connectivity index (χ0) is 18.4. The summed E-state index contributed by atoms with van der Waals surface area (Å²) >= 11 is 6.34. The molecule has 2 unspecified atom stereocenters. The molecular weight excluding hydrogens is 376 g/mol. The van der Waals surface area contributed by atoms with Crippen LogP contribution in [0.4, 0.5) is 8.78 Å². The Kier molecular flexibility index (Phi) is 4.61. The lowest BCUT2D eigenvalue weighted by molar-refractivity contribution is 0.617. The molecule has 2 nitrogen and oxygen atoms in total. The van der Waals surface area contributed by atoms with E-state index in [0.29, 0.717) is 22.0 Å². The molecule has 4 rings (SSSR count). The Morgan fingerprint density at radius 3 is 2.65 bits per heavy atom. The largest absolute Gasteiger partial charge is 0.361 e. The van der Waals surface area contributed by atoms with E-state index in [4.69, 9.17) is 11.6 Å². The molecule has 2 atom stereocenters. The number of benzene rings is 2. The van der Waals surface area contributed by atoms with Crippen LogP contribution < -0.4 is 0 Å². The molecule has 1 heterocycles. The molecule has 1 aromatic heterocycles. The SMILES string of the molecule is CS(=O)Cc1c(F)ccc2c(C(c3ccc(F)cc3Cl)C3CC3)c[nH]c12. The zero-order valence-electron chi connectivity index (χ0n) is 14.2. The third kappa shape index (κ3) is 3.19. The van der Waals surface area contributed by atoms with E-state index in [0.717, 1.165) is 29.4 Å². The number of nitrogens with one attached hydrogen (secondary N) is 1. The van der Waals surface area contributed by atoms with E-state index in [1.165, 1.54) is 18.2 Å². The van der Waals surface area contributed by atoms with Crippen molar-refractivity contribution in [2.75, 3.05) is 6.26 Å². The highest BCUT2D eigenvalue weighted by Gasteiger charge is 2.36. The molecule has 3 aromatic rings. The van der Waals surface area contributed by atoms with Crippen molar-refractivity contribution in [2.45, 2.75) is 24.5 Å². The molecule has 26 heavy (non-hydrogen) atoms. The van der Waals surface area contributed by atoms with Crippen molar-refractivity contribution in [2.24, 2.45) is 5.92 Å². The number of H-pyrrole nitrogens is 1. The molecule has 1 saturated carbocycles. The summed E-state index contributed by atoms with van der Waals surface area (Å²) in [4.78, 5) is 3.18. The lowest BCUT2D eigenvalue weighted by Gasteiger charge is -2.18. The van der Waals surface area contributed by atoms with Gasteiger partial charge in [0.2, 0.25) is 0 Å². The highest BCUT2D eigenvalue weighted by molar-refractivity contribution is 7.83. The third-order valence-electron chi connectivity index (χ3n) is 5.01. The number of hydrogen-bond donors (Lipinski definition) is 1. The molecule has 0 radical (unpaired) electrons. The maximum absolute atomic E-state index is 14.3. The molecule has 1 aliphatic rings. The molecule has 0 bridgehead atoms. The van der Waals surface area contributed by atoms with E-state index in [2.05, 4.69) is 4.98 Å². The van der Waals surface area contributed by atoms with Gasteiger partial charge in [-0.15, -0.1) is 0 Å². The summed E-state index contributed by atoms with van der Waals surface area (Å²) in [7, 11) is -1.15. The minimum atomic E-state index is -1.15. The average molecular weight is 394 g/mol. The average Bonchev–Trinajstić information content (AvgIpc) is 3.32. The smallest absolute Gasteiger partial charge is 0.129 e. The Hall–Kier alpha value is -1.72. The summed E-state index contributed by atoms with van der Waals surface area (Å²) in [6.07, 6.45) is 5.61. The van der Waals surface area contributed by atoms with Crippen molar-refractivity contribution in [1.82, 2.24) is 4.98 Å². The van der Waals surface area contributed by atoms with Gasteiger partial charge in [0.25, 0.3) is 0 Å². The normalized spacial score (nSPS) is 16.8. The minimum Gasteiger partial charge on any atom is -0.361 e. The maximum Gasteiger partial charge on any atom is 0.129 e. The Balaban J connectivity index is 1.87. The van der Waals surface area contributed by atoms with E-state index in [1.54, 1.807) is 18.4 Å². The second kappa shape index (κ2) is 6.78. The maximum atomic E-state index is 14.3. The Bertz CT molecular complexity index is 1010. The third-order valence-corrected chi connectivity index (χ3v) is 6.03. The molecule has 0 saturated heterocycles. The molecular formula is C20H18ClF2NOS. The van der Waals surface area contributed by atoms with Gasteiger partial charge in [-0.25, -0.2) is 8.78 Å². The van der Waals surface area contributed by atoms with Crippen molar-refractivity contribution in [1.29, 1.82) is 0 Å². The first-order chi connectivity index (χ1) is 12.5. The predicted molar refractivity (Wildman–Crippen MR) is 102 cm³/mol. The Morgan fingerprint density at radius 1 is 1.23 bits per heavy atom. The number of aromatic nitrogens is 1. The van der Waals surface area contributed by atoms with Gasteiger partial charge in [-0.05, 0) is 54.2 Å². The summed E-state index contributed by atoms with van der Waals surface area (Å²) in [5, 5.41) is 1.32. The van der Waals surface area contributed by atoms with Gasteiger partial charge in [0.15, 0.2) is 0 Å². The lowest BCUT2D eigenvalue weighted by Crippen LogP contribution is -2.04. The topological polar surface area (TPSA) is 32.9 Å². The molecule has 1 fully saturated rings. The van der Waals surface area contributed by atoms with Crippen LogP contribution in [0.1, 0.15) is 35.4 Å². The van der Waals surface area contributed by atoms with E-state index in [1.807, 2.05) is 6.20 Å². The van der Waals surface area contributed by atoms with E-state index in [-0.39, 0.29) is 23.3 Å². The Morgan fingerprint density at radius 2 is 2.00 bits per heavy atom. The molecule has 136 valence electrons. The van der Waals surface area contributed by atoms with Gasteiger partial charge in [0, 0.05) is 45.1 Å². The van der Waals surface area contributed by atoms with Gasteiger partial charge in [0.1, 0.15) is 11.6 Å². The van der Waals surface area contributed by atoms with Crippen LogP contribution >= 0.6 is 11.6 Å². The van der Waals surface area contributed by atoms with Crippen molar-refractivity contribution >= 4 is 33.3 Å². The predicted octanol–water partition coefficient (Wildman–Crippen LogP) is 5.52. The van der Waals surface area contributed by atoms with Crippen LogP contribution in [0.15, 0.2) is 36.5 Å². The molecule has 0 aliphatic heterocycles. The molecule has 0 spiro atoms. The monoisotopic (exact) mass is 393 g/mol. The summed E-state index contributed by atoms with van der Waals surface area (Å²) in [6, 6.07) is 7.69. The molecule has 0 amide bonds. The van der Waals surface area contributed by atoms with Crippen LogP contribution in [-0.2, 0) is 16.6 Å². The zero-order valence-corrected chi connectivity index (χ0v) is 15.8. The second-order valence-corrected chi connectivity index (χ2v) is 8.73. The lowest BCUT2D eigenvalue weighted by atomic mass is 9.86. The summed E-state index contributed by atoms with van der Waals surface area (Å²) in [5.74, 6) is -0.0897. The summed E-state index contributed by atoms with van der Waals surface area (Å²) in [6.45, 7) is 0. The van der Waals surface area contributed by atoms with Gasteiger partial charge in [0.05, 0.1) is 11.3 Å². The van der Waals surface area contributed by atoms with Crippen LogP contribution in [0, 0.1) is 17.6 Å². The van der Waals surface area contributed by atoms with E-state index < -0.39 is 10.8 Å². The number of aromatic amines is 1. The van der Waals surface area contributed by atoms with E-state index >= 15 is 0 Å². The van der Waals surface area contributed by atoms with Crippen molar-refractivity contribution in [3.63, 3.8) is 0 Å². The molecule has 1 N–H and O–H groups in total. The van der Waals surface area contributed by atoms with Gasteiger partial charge in [-0.2, -0.15) is 0 Å². The number of fused-ring (bicyclic) bond motifs is 1. The van der Waals surface area contributed by atoms with Crippen LogP contribution in [-0.4, -0.2) is 15.4 Å². The Labute approximate surface area is 158 Å². The fourth-order valence-electron chi connectivity index (χ4n) is 3.72. The second-order valence-electron chi connectivity index (χ2n) is 6.89. The standard InChI is InChI=1S/C20H18ClF2NOS/c1-26(25)10-16-18(23)7-6-13-15(9-24-20(13)16)19(11-2-3-11)14-5-4-12(22)8-17(14)21/h4-9,11,19,24H,2-3,10H2,1H3. The highest BCUT2D eigenvalue weighted by Crippen LogP contribution is 2.50. The van der Waals surface area contributed by atoms with Gasteiger partial charge in [-0.1, -0.05) is 17.7 Å². The van der Waals surface area contributed by atoms with Gasteiger partial charge >= 0.3 is 0 Å². The van der Waals surface area contributed by atoms with Crippen LogP contribution in [0.25, 0.3) is 10.9 Å². The van der Waals surface area contributed by atoms with Crippen molar-refractivity contribution in [3.05, 3.63) is 69.9 Å². The van der Waals surface area contributed by atoms with E-state index in [9.17, 15) is 13.0 Å². The molecule has 1 aliphatic carbocycles. The fourth-order valence-corrected chi connectivity index (χ4v) is 4.69. The first kappa shape index (κ1) is 17.7. The first-order valence-electron chi connectivity index (χ1n) is 8.49. The molecule has 2 aromatic carbocycles. The van der Waals surface area contributed by atoms with Crippen molar-refractivity contribution < 1.29 is 13.0 Å². The number of halogens is 3. The van der Waals surface area contributed by atoms with Crippen molar-refractivity contribution in [3.8, 4) is 0 Å². The number of hydrogen-bond acceptors (Lipinski definition) is 1. The van der Waals surface area contributed by atoms with Gasteiger partial charge in [-0.3, -0.25) is 4.21 Å². The van der Waals surface area contributed by atoms with Gasteiger partial charge < -0.3 is 4.98 Å². The quantitative estimate of drug-likeness (QED) is 0.608. The summed E-state index contributed by atoms with van der Waals surface area (Å²) in [5.41, 5.74) is 3.04. The fraction of sp³-hybridized carbons (Fsp3) is 0.300.